The van der Waals surface area contributed by atoms with Gasteiger partial charge >= 0.3 is 5.97 Å². The summed E-state index contributed by atoms with van der Waals surface area (Å²) >= 11 is 0. The van der Waals surface area contributed by atoms with Crippen LogP contribution in [0.15, 0.2) is 6.20 Å². The van der Waals surface area contributed by atoms with E-state index in [0.29, 0.717) is 18.4 Å². The van der Waals surface area contributed by atoms with E-state index in [2.05, 4.69) is 10.4 Å². The molecule has 0 atom stereocenters. The highest BCUT2D eigenvalue weighted by atomic mass is 16.4. The maximum absolute atomic E-state index is 11.9. The summed E-state index contributed by atoms with van der Waals surface area (Å²) in [7, 11) is 1.76. The summed E-state index contributed by atoms with van der Waals surface area (Å²) < 4.78 is 1.62. The molecule has 1 amide bonds. The molecule has 6 nitrogen and oxygen atoms in total. The Hall–Kier alpha value is -1.85. The monoisotopic (exact) mass is 251 g/mol. The molecule has 1 saturated carbocycles. The third-order valence-electron chi connectivity index (χ3n) is 3.83. The molecule has 0 aliphatic heterocycles. The molecule has 0 bridgehead atoms. The van der Waals surface area contributed by atoms with Gasteiger partial charge in [0.1, 0.15) is 0 Å². The first-order valence-electron chi connectivity index (χ1n) is 5.96. The smallest absolute Gasteiger partial charge is 0.311 e. The Morgan fingerprint density at radius 2 is 2.22 bits per heavy atom. The third kappa shape index (κ3) is 1.98. The zero-order chi connectivity index (χ0) is 13.3. The molecule has 98 valence electrons. The van der Waals surface area contributed by atoms with Gasteiger partial charge in [0.15, 0.2) is 0 Å². The van der Waals surface area contributed by atoms with Crippen LogP contribution in [-0.4, -0.2) is 33.3 Å². The Morgan fingerprint density at radius 1 is 1.56 bits per heavy atom. The first-order valence-corrected chi connectivity index (χ1v) is 5.96. The number of carbonyl (C=O) groups is 2. The van der Waals surface area contributed by atoms with Gasteiger partial charge in [-0.05, 0) is 19.8 Å². The lowest BCUT2D eigenvalue weighted by Gasteiger charge is -2.37. The van der Waals surface area contributed by atoms with E-state index in [4.69, 9.17) is 5.11 Å². The summed E-state index contributed by atoms with van der Waals surface area (Å²) in [4.78, 5) is 23.1. The van der Waals surface area contributed by atoms with E-state index in [-0.39, 0.29) is 12.5 Å². The average molecular weight is 251 g/mol. The minimum Gasteiger partial charge on any atom is -0.481 e. The van der Waals surface area contributed by atoms with Gasteiger partial charge in [-0.2, -0.15) is 5.10 Å². The maximum Gasteiger partial charge on any atom is 0.311 e. The summed E-state index contributed by atoms with van der Waals surface area (Å²) in [6.07, 6.45) is 3.68. The molecule has 0 radical (unpaired) electrons. The summed E-state index contributed by atoms with van der Waals surface area (Å²) in [6.45, 7) is 1.99. The normalized spacial score (nSPS) is 17.0. The number of carbonyl (C=O) groups excluding carboxylic acids is 1. The number of hydrogen-bond acceptors (Lipinski definition) is 3. The lowest BCUT2D eigenvalue weighted by Crippen LogP contribution is -2.47. The second kappa shape index (κ2) is 4.44. The van der Waals surface area contributed by atoms with Gasteiger partial charge in [0.05, 0.1) is 17.2 Å². The standard InChI is InChI=1S/C12H17N3O3/c1-8-9(6-14-15(8)2)10(16)13-7-12(11(17)18)4-3-5-12/h6H,3-5,7H2,1-2H3,(H,13,16)(H,17,18). The molecule has 6 heteroatoms. The molecule has 1 aromatic rings. The summed E-state index contributed by atoms with van der Waals surface area (Å²) in [5.74, 6) is -1.08. The zero-order valence-corrected chi connectivity index (χ0v) is 10.6. The van der Waals surface area contributed by atoms with Crippen molar-refractivity contribution in [3.63, 3.8) is 0 Å². The van der Waals surface area contributed by atoms with Crippen LogP contribution in [-0.2, 0) is 11.8 Å². The molecular weight excluding hydrogens is 234 g/mol. The lowest BCUT2D eigenvalue weighted by molar-refractivity contribution is -0.153. The molecule has 2 N–H and O–H groups in total. The number of carboxylic acids is 1. The number of aliphatic carboxylic acids is 1. The fourth-order valence-corrected chi connectivity index (χ4v) is 2.14. The number of rotatable bonds is 4. The van der Waals surface area contributed by atoms with Crippen molar-refractivity contribution in [2.24, 2.45) is 12.5 Å². The van der Waals surface area contributed by atoms with Crippen LogP contribution < -0.4 is 5.32 Å². The second-order valence-electron chi connectivity index (χ2n) is 4.89. The second-order valence-corrected chi connectivity index (χ2v) is 4.89. The summed E-state index contributed by atoms with van der Waals surface area (Å²) in [6, 6.07) is 0. The third-order valence-corrected chi connectivity index (χ3v) is 3.83. The summed E-state index contributed by atoms with van der Waals surface area (Å²) in [5.41, 5.74) is 0.508. The Bertz CT molecular complexity index is 489. The molecule has 1 aliphatic rings. The molecule has 0 unspecified atom stereocenters. The van der Waals surface area contributed by atoms with Crippen LogP contribution in [0, 0.1) is 12.3 Å². The van der Waals surface area contributed by atoms with Crippen LogP contribution >= 0.6 is 0 Å². The zero-order valence-electron chi connectivity index (χ0n) is 10.6. The molecular formula is C12H17N3O3. The predicted molar refractivity (Wildman–Crippen MR) is 64.2 cm³/mol. The van der Waals surface area contributed by atoms with E-state index < -0.39 is 11.4 Å². The minimum absolute atomic E-state index is 0.190. The van der Waals surface area contributed by atoms with Gasteiger partial charge in [-0.25, -0.2) is 0 Å². The number of carboxylic acid groups (broad SMARTS) is 1. The molecule has 18 heavy (non-hydrogen) atoms. The van der Waals surface area contributed by atoms with Crippen LogP contribution in [0.5, 0.6) is 0 Å². The Morgan fingerprint density at radius 3 is 2.61 bits per heavy atom. The molecule has 0 aromatic carbocycles. The van der Waals surface area contributed by atoms with E-state index in [1.165, 1.54) is 6.20 Å². The molecule has 1 aromatic heterocycles. The van der Waals surface area contributed by atoms with Crippen molar-refractivity contribution in [3.8, 4) is 0 Å². The number of nitrogens with zero attached hydrogens (tertiary/aromatic N) is 2. The molecule has 1 fully saturated rings. The van der Waals surface area contributed by atoms with Crippen molar-refractivity contribution in [3.05, 3.63) is 17.5 Å². The number of nitrogens with one attached hydrogen (secondary N) is 1. The Kier molecular flexibility index (Phi) is 3.11. The minimum atomic E-state index is -0.822. The average Bonchev–Trinajstić information content (AvgIpc) is 2.57. The first-order chi connectivity index (χ1) is 8.46. The van der Waals surface area contributed by atoms with E-state index >= 15 is 0 Å². The van der Waals surface area contributed by atoms with E-state index in [1.54, 1.807) is 18.7 Å². The van der Waals surface area contributed by atoms with E-state index in [0.717, 1.165) is 12.1 Å². The molecule has 2 rings (SSSR count). The highest BCUT2D eigenvalue weighted by molar-refractivity contribution is 5.95. The van der Waals surface area contributed by atoms with Gasteiger partial charge in [0, 0.05) is 19.3 Å². The van der Waals surface area contributed by atoms with Crippen molar-refractivity contribution in [1.82, 2.24) is 15.1 Å². The first kappa shape index (κ1) is 12.6. The number of aryl methyl sites for hydroxylation is 1. The van der Waals surface area contributed by atoms with Crippen molar-refractivity contribution in [1.29, 1.82) is 0 Å². The maximum atomic E-state index is 11.9. The summed E-state index contributed by atoms with van der Waals surface area (Å²) in [5, 5.41) is 15.9. The quantitative estimate of drug-likeness (QED) is 0.825. The highest BCUT2D eigenvalue weighted by Gasteiger charge is 2.44. The Labute approximate surface area is 105 Å². The van der Waals surface area contributed by atoms with Gasteiger partial charge in [-0.1, -0.05) is 6.42 Å². The van der Waals surface area contributed by atoms with Crippen LogP contribution in [0.4, 0.5) is 0 Å². The molecule has 1 aliphatic carbocycles. The van der Waals surface area contributed by atoms with E-state index in [9.17, 15) is 9.59 Å². The van der Waals surface area contributed by atoms with Crippen LogP contribution in [0.1, 0.15) is 35.3 Å². The topological polar surface area (TPSA) is 84.2 Å². The molecule has 0 spiro atoms. The Balaban J connectivity index is 2.00. The van der Waals surface area contributed by atoms with Crippen molar-refractivity contribution in [2.75, 3.05) is 6.54 Å². The van der Waals surface area contributed by atoms with Gasteiger partial charge in [0.25, 0.3) is 5.91 Å². The van der Waals surface area contributed by atoms with Crippen LogP contribution in [0.25, 0.3) is 0 Å². The van der Waals surface area contributed by atoms with Crippen LogP contribution in [0.2, 0.25) is 0 Å². The van der Waals surface area contributed by atoms with Gasteiger partial charge < -0.3 is 10.4 Å². The van der Waals surface area contributed by atoms with Gasteiger partial charge in [-0.15, -0.1) is 0 Å². The van der Waals surface area contributed by atoms with Crippen molar-refractivity contribution in [2.45, 2.75) is 26.2 Å². The number of aromatic nitrogens is 2. The fraction of sp³-hybridized carbons (Fsp3) is 0.583. The van der Waals surface area contributed by atoms with Crippen LogP contribution in [0.3, 0.4) is 0 Å². The predicted octanol–water partition coefficient (Wildman–Crippen LogP) is 0.713. The molecule has 0 saturated heterocycles. The van der Waals surface area contributed by atoms with Gasteiger partial charge in [-0.3, -0.25) is 14.3 Å². The SMILES string of the molecule is Cc1c(C(=O)NCC2(C(=O)O)CCC2)cnn1C. The number of amides is 1. The lowest BCUT2D eigenvalue weighted by atomic mass is 9.69. The fourth-order valence-electron chi connectivity index (χ4n) is 2.14. The molecule has 1 heterocycles. The number of hydrogen-bond donors (Lipinski definition) is 2. The van der Waals surface area contributed by atoms with Crippen molar-refractivity contribution < 1.29 is 14.7 Å². The van der Waals surface area contributed by atoms with Crippen molar-refractivity contribution >= 4 is 11.9 Å². The largest absolute Gasteiger partial charge is 0.481 e. The highest BCUT2D eigenvalue weighted by Crippen LogP contribution is 2.40. The van der Waals surface area contributed by atoms with Gasteiger partial charge in [0.2, 0.25) is 0 Å². The van der Waals surface area contributed by atoms with E-state index in [1.807, 2.05) is 0 Å².